The molecule has 0 atom stereocenters. The van der Waals surface area contributed by atoms with E-state index in [2.05, 4.69) is 9.72 Å². The van der Waals surface area contributed by atoms with E-state index in [0.29, 0.717) is 22.2 Å². The number of carbonyl (C=O) groups excluding carboxylic acids is 2. The molecular weight excluding hydrogens is 299 g/mol. The normalized spacial score (nSPS) is 10.9. The number of aryl methyl sites for hydroxylation is 1. The Hall–Kier alpha value is -2.50. The lowest BCUT2D eigenvalue weighted by Crippen LogP contribution is -2.41. The molecule has 122 valence electrons. The van der Waals surface area contributed by atoms with Gasteiger partial charge in [0.05, 0.1) is 23.9 Å². The van der Waals surface area contributed by atoms with Gasteiger partial charge in [-0.3, -0.25) is 14.6 Å². The molecule has 5 nitrogen and oxygen atoms in total. The van der Waals surface area contributed by atoms with E-state index in [9.17, 15) is 14.0 Å². The van der Waals surface area contributed by atoms with Crippen LogP contribution in [0.1, 0.15) is 29.9 Å². The second kappa shape index (κ2) is 6.73. The van der Waals surface area contributed by atoms with Crippen LogP contribution in [0.3, 0.4) is 0 Å². The predicted octanol–water partition coefficient (Wildman–Crippen LogP) is 2.71. The Labute approximate surface area is 134 Å². The molecule has 0 aliphatic carbocycles. The van der Waals surface area contributed by atoms with Crippen LogP contribution in [0, 0.1) is 12.7 Å². The Morgan fingerprint density at radius 3 is 2.61 bits per heavy atom. The number of aromatic nitrogens is 1. The predicted molar refractivity (Wildman–Crippen MR) is 84.6 cm³/mol. The van der Waals surface area contributed by atoms with Gasteiger partial charge in [0, 0.05) is 17.5 Å². The highest BCUT2D eigenvalue weighted by molar-refractivity contribution is 6.00. The van der Waals surface area contributed by atoms with Crippen LogP contribution >= 0.6 is 0 Å². The SMILES string of the molecule is COC(=O)CN(C(=O)c1cc2ccc(F)cc2nc1C)C(C)C. The van der Waals surface area contributed by atoms with Gasteiger partial charge in [0.1, 0.15) is 12.4 Å². The van der Waals surface area contributed by atoms with Gasteiger partial charge in [-0.15, -0.1) is 0 Å². The first-order chi connectivity index (χ1) is 10.8. The largest absolute Gasteiger partial charge is 0.468 e. The van der Waals surface area contributed by atoms with Crippen molar-refractivity contribution in [2.75, 3.05) is 13.7 Å². The minimum absolute atomic E-state index is 0.131. The lowest BCUT2D eigenvalue weighted by Gasteiger charge is -2.26. The van der Waals surface area contributed by atoms with Crippen molar-refractivity contribution in [1.29, 1.82) is 0 Å². The summed E-state index contributed by atoms with van der Waals surface area (Å²) >= 11 is 0. The molecular formula is C17H19FN2O3. The molecule has 0 spiro atoms. The Bertz CT molecular complexity index is 759. The van der Waals surface area contributed by atoms with Gasteiger partial charge >= 0.3 is 5.97 Å². The molecule has 0 unspecified atom stereocenters. The van der Waals surface area contributed by atoms with E-state index in [-0.39, 0.29) is 24.3 Å². The second-order valence-electron chi connectivity index (χ2n) is 5.56. The minimum atomic E-state index is -0.486. The Balaban J connectivity index is 2.44. The van der Waals surface area contributed by atoms with Crippen LogP contribution in [0.5, 0.6) is 0 Å². The number of methoxy groups -OCH3 is 1. The van der Waals surface area contributed by atoms with Gasteiger partial charge in [0.15, 0.2) is 0 Å². The van der Waals surface area contributed by atoms with Gasteiger partial charge in [0.25, 0.3) is 5.91 Å². The number of pyridine rings is 1. The molecule has 0 N–H and O–H groups in total. The summed E-state index contributed by atoms with van der Waals surface area (Å²) in [4.78, 5) is 30.0. The Morgan fingerprint density at radius 1 is 1.30 bits per heavy atom. The van der Waals surface area contributed by atoms with Crippen molar-refractivity contribution >= 4 is 22.8 Å². The van der Waals surface area contributed by atoms with Crippen molar-refractivity contribution < 1.29 is 18.7 Å². The van der Waals surface area contributed by atoms with E-state index in [1.807, 2.05) is 13.8 Å². The third kappa shape index (κ3) is 3.64. The maximum atomic E-state index is 13.3. The number of rotatable bonds is 4. The fourth-order valence-corrected chi connectivity index (χ4v) is 2.30. The third-order valence-corrected chi connectivity index (χ3v) is 3.61. The van der Waals surface area contributed by atoms with Crippen LogP contribution in [0.15, 0.2) is 24.3 Å². The van der Waals surface area contributed by atoms with E-state index >= 15 is 0 Å². The van der Waals surface area contributed by atoms with Crippen LogP contribution in [0.2, 0.25) is 0 Å². The highest BCUT2D eigenvalue weighted by Gasteiger charge is 2.24. The molecule has 0 fully saturated rings. The van der Waals surface area contributed by atoms with Crippen molar-refractivity contribution in [3.8, 4) is 0 Å². The van der Waals surface area contributed by atoms with E-state index < -0.39 is 5.97 Å². The van der Waals surface area contributed by atoms with E-state index in [0.717, 1.165) is 0 Å². The van der Waals surface area contributed by atoms with Crippen molar-refractivity contribution in [3.05, 3.63) is 41.3 Å². The topological polar surface area (TPSA) is 59.5 Å². The molecule has 1 aromatic carbocycles. The third-order valence-electron chi connectivity index (χ3n) is 3.61. The summed E-state index contributed by atoms with van der Waals surface area (Å²) in [6.07, 6.45) is 0. The fourth-order valence-electron chi connectivity index (χ4n) is 2.30. The summed E-state index contributed by atoms with van der Waals surface area (Å²) in [5.74, 6) is -1.17. The quantitative estimate of drug-likeness (QED) is 0.813. The highest BCUT2D eigenvalue weighted by Crippen LogP contribution is 2.20. The lowest BCUT2D eigenvalue weighted by atomic mass is 10.1. The molecule has 2 aromatic rings. The molecule has 1 aromatic heterocycles. The molecule has 0 aliphatic rings. The molecule has 2 rings (SSSR count). The van der Waals surface area contributed by atoms with E-state index in [1.54, 1.807) is 19.1 Å². The van der Waals surface area contributed by atoms with Gasteiger partial charge < -0.3 is 9.64 Å². The summed E-state index contributed by atoms with van der Waals surface area (Å²) in [5, 5.41) is 0.669. The second-order valence-corrected chi connectivity index (χ2v) is 5.56. The minimum Gasteiger partial charge on any atom is -0.468 e. The zero-order valence-electron chi connectivity index (χ0n) is 13.6. The van der Waals surface area contributed by atoms with Crippen LogP contribution in [0.25, 0.3) is 10.9 Å². The highest BCUT2D eigenvalue weighted by atomic mass is 19.1. The van der Waals surface area contributed by atoms with Crippen molar-refractivity contribution in [3.63, 3.8) is 0 Å². The standard InChI is InChI=1S/C17H19FN2O3/c1-10(2)20(9-16(21)23-4)17(22)14-7-12-5-6-13(18)8-15(12)19-11(14)3/h5-8,10H,9H2,1-4H3. The number of carbonyl (C=O) groups is 2. The first-order valence-corrected chi connectivity index (χ1v) is 7.28. The van der Waals surface area contributed by atoms with Crippen LogP contribution in [-0.4, -0.2) is 41.5 Å². The van der Waals surface area contributed by atoms with Gasteiger partial charge in [0.2, 0.25) is 0 Å². The van der Waals surface area contributed by atoms with E-state index in [4.69, 9.17) is 0 Å². The number of benzene rings is 1. The molecule has 23 heavy (non-hydrogen) atoms. The Morgan fingerprint density at radius 2 is 2.00 bits per heavy atom. The molecule has 1 amide bonds. The Kier molecular flexibility index (Phi) is 4.93. The monoisotopic (exact) mass is 318 g/mol. The molecule has 1 heterocycles. The maximum absolute atomic E-state index is 13.3. The number of amides is 1. The molecule has 0 bridgehead atoms. The number of ether oxygens (including phenoxy) is 1. The number of fused-ring (bicyclic) bond motifs is 1. The average Bonchev–Trinajstić information content (AvgIpc) is 2.50. The van der Waals surface area contributed by atoms with Crippen molar-refractivity contribution in [2.45, 2.75) is 26.8 Å². The van der Waals surface area contributed by atoms with Crippen molar-refractivity contribution in [2.24, 2.45) is 0 Å². The van der Waals surface area contributed by atoms with Gasteiger partial charge in [-0.2, -0.15) is 0 Å². The number of esters is 1. The van der Waals surface area contributed by atoms with E-state index in [1.165, 1.54) is 24.1 Å². The first-order valence-electron chi connectivity index (χ1n) is 7.28. The van der Waals surface area contributed by atoms with Gasteiger partial charge in [-0.1, -0.05) is 0 Å². The number of halogens is 1. The molecule has 6 heteroatoms. The van der Waals surface area contributed by atoms with Crippen LogP contribution in [0.4, 0.5) is 4.39 Å². The molecule has 0 saturated heterocycles. The maximum Gasteiger partial charge on any atom is 0.325 e. The summed E-state index contributed by atoms with van der Waals surface area (Å²) in [7, 11) is 1.28. The number of nitrogens with zero attached hydrogens (tertiary/aromatic N) is 2. The average molecular weight is 318 g/mol. The zero-order chi connectivity index (χ0) is 17.1. The fraction of sp³-hybridized carbons (Fsp3) is 0.353. The smallest absolute Gasteiger partial charge is 0.325 e. The summed E-state index contributed by atoms with van der Waals surface area (Å²) < 4.78 is 17.9. The molecule has 0 saturated carbocycles. The number of hydrogen-bond acceptors (Lipinski definition) is 4. The molecule has 0 aliphatic heterocycles. The zero-order valence-corrected chi connectivity index (χ0v) is 13.6. The summed E-state index contributed by atoms with van der Waals surface area (Å²) in [6.45, 7) is 5.20. The van der Waals surface area contributed by atoms with Crippen LogP contribution < -0.4 is 0 Å². The lowest BCUT2D eigenvalue weighted by molar-refractivity contribution is -0.141. The van der Waals surface area contributed by atoms with Gasteiger partial charge in [-0.05, 0) is 39.0 Å². The molecule has 0 radical (unpaired) electrons. The van der Waals surface area contributed by atoms with Crippen LogP contribution in [-0.2, 0) is 9.53 Å². The first kappa shape index (κ1) is 16.9. The van der Waals surface area contributed by atoms with Gasteiger partial charge in [-0.25, -0.2) is 4.39 Å². The number of hydrogen-bond donors (Lipinski definition) is 0. The summed E-state index contributed by atoms with van der Waals surface area (Å²) in [5.41, 5.74) is 1.37. The summed E-state index contributed by atoms with van der Waals surface area (Å²) in [6, 6.07) is 5.72. The van der Waals surface area contributed by atoms with Crippen molar-refractivity contribution in [1.82, 2.24) is 9.88 Å².